The van der Waals surface area contributed by atoms with Crippen molar-refractivity contribution >= 4 is 34.9 Å². The molecule has 3 rings (SSSR count). The highest BCUT2D eigenvalue weighted by Crippen LogP contribution is 2.35. The molecule has 6 nitrogen and oxygen atoms in total. The number of benzene rings is 1. The van der Waals surface area contributed by atoms with Crippen LogP contribution in [0.4, 0.5) is 19.0 Å². The molecule has 0 unspecified atom stereocenters. The van der Waals surface area contributed by atoms with Gasteiger partial charge in [0, 0.05) is 23.7 Å². The summed E-state index contributed by atoms with van der Waals surface area (Å²) in [7, 11) is 0. The first kappa shape index (κ1) is 21.2. The Kier molecular flexibility index (Phi) is 6.18. The van der Waals surface area contributed by atoms with E-state index in [0.717, 1.165) is 10.2 Å². The molecule has 1 amide bonds. The predicted octanol–water partition coefficient (Wildman–Crippen LogP) is 4.79. The highest BCUT2D eigenvalue weighted by Gasteiger charge is 2.38. The second kappa shape index (κ2) is 8.46. The van der Waals surface area contributed by atoms with Gasteiger partial charge in [-0.05, 0) is 24.6 Å². The van der Waals surface area contributed by atoms with E-state index < -0.39 is 22.8 Å². The number of halogens is 5. The molecule has 1 aromatic carbocycles. The number of nitrogens with one attached hydrogen (secondary N) is 1. The van der Waals surface area contributed by atoms with Crippen LogP contribution in [0.1, 0.15) is 23.4 Å². The van der Waals surface area contributed by atoms with E-state index in [-0.39, 0.29) is 18.7 Å². The quantitative estimate of drug-likeness (QED) is 0.592. The van der Waals surface area contributed by atoms with Crippen molar-refractivity contribution in [1.29, 1.82) is 0 Å². The van der Waals surface area contributed by atoms with Gasteiger partial charge >= 0.3 is 6.18 Å². The highest BCUT2D eigenvalue weighted by molar-refractivity contribution is 6.32. The van der Waals surface area contributed by atoms with Crippen molar-refractivity contribution in [2.45, 2.75) is 32.6 Å². The molecule has 154 valence electrons. The molecule has 1 N–H and O–H groups in total. The van der Waals surface area contributed by atoms with Gasteiger partial charge in [-0.15, -0.1) is 0 Å². The van der Waals surface area contributed by atoms with Gasteiger partial charge in [0.1, 0.15) is 0 Å². The number of carbonyl (C=O) groups excluding carboxylic acids is 1. The van der Waals surface area contributed by atoms with Gasteiger partial charge in [-0.1, -0.05) is 35.3 Å². The third-order valence-electron chi connectivity index (χ3n) is 4.09. The van der Waals surface area contributed by atoms with Gasteiger partial charge in [-0.3, -0.25) is 14.2 Å². The zero-order valence-corrected chi connectivity index (χ0v) is 16.7. The van der Waals surface area contributed by atoms with Crippen LogP contribution >= 0.6 is 23.2 Å². The summed E-state index contributed by atoms with van der Waals surface area (Å²) in [5.74, 6) is -0.0687. The lowest BCUT2D eigenvalue weighted by atomic mass is 10.2. The Morgan fingerprint density at radius 1 is 1.21 bits per heavy atom. The van der Waals surface area contributed by atoms with Crippen molar-refractivity contribution in [2.75, 3.05) is 5.32 Å². The van der Waals surface area contributed by atoms with Crippen LogP contribution in [0.3, 0.4) is 0 Å². The molecular weight excluding hydrogens is 430 g/mol. The summed E-state index contributed by atoms with van der Waals surface area (Å²) >= 11 is 11.7. The monoisotopic (exact) mass is 445 g/mol. The number of hydrogen-bond acceptors (Lipinski definition) is 3. The fourth-order valence-corrected chi connectivity index (χ4v) is 3.13. The minimum absolute atomic E-state index is 0.0450. The van der Waals surface area contributed by atoms with Crippen LogP contribution in [0.5, 0.6) is 0 Å². The maximum Gasteiger partial charge on any atom is 0.436 e. The standard InChI is InChI=1S/C18H16Cl2F3N5O/c1-11-16(20)17(18(21,22)23)26-28(11)8-6-15(29)24-14-5-7-27(25-14)10-12-3-2-4-13(19)9-12/h2-5,7,9H,6,8,10H2,1H3,(H,24,25,29). The summed E-state index contributed by atoms with van der Waals surface area (Å²) in [6.07, 6.45) is -3.04. The summed E-state index contributed by atoms with van der Waals surface area (Å²) in [4.78, 5) is 12.1. The van der Waals surface area contributed by atoms with Crippen LogP contribution in [-0.4, -0.2) is 25.5 Å². The number of hydrogen-bond donors (Lipinski definition) is 1. The predicted molar refractivity (Wildman–Crippen MR) is 103 cm³/mol. The largest absolute Gasteiger partial charge is 0.436 e. The van der Waals surface area contributed by atoms with Crippen molar-refractivity contribution in [2.24, 2.45) is 0 Å². The summed E-state index contributed by atoms with van der Waals surface area (Å²) < 4.78 is 41.3. The van der Waals surface area contributed by atoms with E-state index in [4.69, 9.17) is 23.2 Å². The molecule has 0 fully saturated rings. The average Bonchev–Trinajstić information content (AvgIpc) is 3.18. The van der Waals surface area contributed by atoms with Crippen molar-refractivity contribution in [1.82, 2.24) is 19.6 Å². The van der Waals surface area contributed by atoms with Crippen molar-refractivity contribution in [3.8, 4) is 0 Å². The Morgan fingerprint density at radius 3 is 2.62 bits per heavy atom. The van der Waals surface area contributed by atoms with Crippen LogP contribution in [0.15, 0.2) is 36.5 Å². The van der Waals surface area contributed by atoms with Crippen LogP contribution < -0.4 is 5.32 Å². The number of anilines is 1. The van der Waals surface area contributed by atoms with E-state index in [2.05, 4.69) is 15.5 Å². The first-order chi connectivity index (χ1) is 13.6. The Morgan fingerprint density at radius 2 is 1.97 bits per heavy atom. The van der Waals surface area contributed by atoms with Crippen molar-refractivity contribution in [3.05, 3.63) is 63.5 Å². The van der Waals surface area contributed by atoms with Gasteiger partial charge < -0.3 is 5.32 Å². The minimum atomic E-state index is -4.65. The molecule has 0 radical (unpaired) electrons. The van der Waals surface area contributed by atoms with Gasteiger partial charge in [-0.25, -0.2) is 0 Å². The summed E-state index contributed by atoms with van der Waals surface area (Å²) in [5.41, 5.74) is -0.0561. The zero-order valence-electron chi connectivity index (χ0n) is 15.2. The first-order valence-electron chi connectivity index (χ1n) is 8.51. The molecule has 0 atom stereocenters. The molecule has 2 aromatic heterocycles. The third kappa shape index (κ3) is 5.30. The van der Waals surface area contributed by atoms with E-state index in [9.17, 15) is 18.0 Å². The van der Waals surface area contributed by atoms with E-state index in [0.29, 0.717) is 17.4 Å². The second-order valence-corrected chi connectivity index (χ2v) is 7.11. The fourth-order valence-electron chi connectivity index (χ4n) is 2.67. The number of alkyl halides is 3. The second-order valence-electron chi connectivity index (χ2n) is 6.30. The van der Waals surface area contributed by atoms with Crippen molar-refractivity contribution in [3.63, 3.8) is 0 Å². The lowest BCUT2D eigenvalue weighted by Crippen LogP contribution is -2.16. The summed E-state index contributed by atoms with van der Waals surface area (Å²) in [5, 5.41) is 10.5. The maximum absolute atomic E-state index is 12.9. The van der Waals surface area contributed by atoms with Gasteiger partial charge in [0.25, 0.3) is 0 Å². The SMILES string of the molecule is Cc1c(Cl)c(C(F)(F)F)nn1CCC(=O)Nc1ccn(Cc2cccc(Cl)c2)n1. The Hall–Kier alpha value is -2.52. The number of nitrogens with zero attached hydrogens (tertiary/aromatic N) is 4. The molecule has 2 heterocycles. The zero-order chi connectivity index (χ0) is 21.2. The molecule has 0 bridgehead atoms. The normalized spacial score (nSPS) is 11.7. The van der Waals surface area contributed by atoms with Crippen LogP contribution in [0.2, 0.25) is 10.0 Å². The fraction of sp³-hybridized carbons (Fsp3) is 0.278. The molecule has 29 heavy (non-hydrogen) atoms. The summed E-state index contributed by atoms with van der Waals surface area (Å²) in [6.45, 7) is 1.85. The molecule has 0 aliphatic heterocycles. The van der Waals surface area contributed by atoms with E-state index >= 15 is 0 Å². The minimum Gasteiger partial charge on any atom is -0.309 e. The van der Waals surface area contributed by atoms with E-state index in [1.807, 2.05) is 18.2 Å². The van der Waals surface area contributed by atoms with E-state index in [1.54, 1.807) is 23.0 Å². The lowest BCUT2D eigenvalue weighted by molar-refractivity contribution is -0.141. The lowest BCUT2D eigenvalue weighted by Gasteiger charge is -2.05. The summed E-state index contributed by atoms with van der Waals surface area (Å²) in [6, 6.07) is 8.94. The number of aromatic nitrogens is 4. The highest BCUT2D eigenvalue weighted by atomic mass is 35.5. The molecular formula is C18H16Cl2F3N5O. The number of amides is 1. The molecule has 0 spiro atoms. The first-order valence-corrected chi connectivity index (χ1v) is 9.27. The van der Waals surface area contributed by atoms with Gasteiger partial charge in [0.15, 0.2) is 11.5 Å². The number of rotatable bonds is 6. The van der Waals surface area contributed by atoms with Gasteiger partial charge in [0.2, 0.25) is 5.91 Å². The Bertz CT molecular complexity index is 1030. The topological polar surface area (TPSA) is 64.7 Å². The van der Waals surface area contributed by atoms with Crippen LogP contribution in [0.25, 0.3) is 0 Å². The van der Waals surface area contributed by atoms with Gasteiger partial charge in [-0.2, -0.15) is 23.4 Å². The number of carbonyl (C=O) groups is 1. The van der Waals surface area contributed by atoms with Gasteiger partial charge in [0.05, 0.1) is 23.8 Å². The smallest absolute Gasteiger partial charge is 0.309 e. The molecule has 0 aliphatic rings. The molecule has 0 aliphatic carbocycles. The third-order valence-corrected chi connectivity index (χ3v) is 4.78. The molecule has 0 saturated carbocycles. The number of aryl methyl sites for hydroxylation is 1. The maximum atomic E-state index is 12.9. The Balaban J connectivity index is 1.57. The van der Waals surface area contributed by atoms with Crippen LogP contribution in [0, 0.1) is 6.92 Å². The molecule has 0 saturated heterocycles. The van der Waals surface area contributed by atoms with Crippen LogP contribution in [-0.2, 0) is 24.1 Å². The van der Waals surface area contributed by atoms with E-state index in [1.165, 1.54) is 6.92 Å². The molecule has 11 heteroatoms. The average molecular weight is 446 g/mol. The van der Waals surface area contributed by atoms with Crippen molar-refractivity contribution < 1.29 is 18.0 Å². The molecule has 3 aromatic rings. The Labute approximate surface area is 174 Å².